The van der Waals surface area contributed by atoms with Gasteiger partial charge in [0.1, 0.15) is 18.5 Å². The average Bonchev–Trinajstić information content (AvgIpc) is 3.07. The Labute approximate surface area is 199 Å². The summed E-state index contributed by atoms with van der Waals surface area (Å²) in [4.78, 5) is 17.5. The molecule has 0 radical (unpaired) electrons. The summed E-state index contributed by atoms with van der Waals surface area (Å²) in [5.41, 5.74) is 8.18. The first-order valence-corrected chi connectivity index (χ1v) is 11.2. The van der Waals surface area contributed by atoms with Crippen molar-refractivity contribution in [2.45, 2.75) is 43.6 Å². The lowest BCUT2D eigenvalue weighted by molar-refractivity contribution is -0.141. The van der Waals surface area contributed by atoms with Crippen molar-refractivity contribution in [3.05, 3.63) is 76.8 Å². The smallest absolute Gasteiger partial charge is 0.390 e. The van der Waals surface area contributed by atoms with Crippen molar-refractivity contribution in [1.82, 2.24) is 14.1 Å². The summed E-state index contributed by atoms with van der Waals surface area (Å²) in [5, 5.41) is 10.3. The van der Waals surface area contributed by atoms with Crippen molar-refractivity contribution in [3.63, 3.8) is 0 Å². The number of hydrogen-bond acceptors (Lipinski definition) is 4. The number of benzene rings is 2. The maximum atomic E-state index is 13.3. The first-order chi connectivity index (χ1) is 16.4. The van der Waals surface area contributed by atoms with Gasteiger partial charge < -0.3 is 15.4 Å². The van der Waals surface area contributed by atoms with E-state index in [9.17, 15) is 23.1 Å². The summed E-state index contributed by atoms with van der Waals surface area (Å²) >= 11 is 0. The van der Waals surface area contributed by atoms with E-state index in [2.05, 4.69) is 4.98 Å². The molecule has 3 N–H and O–H groups in total. The SMILES string of the molecule is Cn1c(-c2ccc([C@]3(N)C[C@](C)(O)C3)cc2)c(-c2ccccc2)c2c(=O)n(CC(F)(F)F)cnc21. The maximum Gasteiger partial charge on any atom is 0.406 e. The summed E-state index contributed by atoms with van der Waals surface area (Å²) in [5.74, 6) is 0. The molecule has 1 saturated carbocycles. The summed E-state index contributed by atoms with van der Waals surface area (Å²) in [6.07, 6.45) is -2.71. The molecule has 1 fully saturated rings. The fraction of sp³-hybridized carbons (Fsp3) is 0.308. The molecule has 2 aromatic carbocycles. The van der Waals surface area contributed by atoms with Crippen molar-refractivity contribution in [3.8, 4) is 22.4 Å². The Kier molecular flexibility index (Phi) is 5.19. The molecule has 2 heterocycles. The van der Waals surface area contributed by atoms with E-state index in [0.717, 1.165) is 17.5 Å². The normalized spacial score (nSPS) is 22.4. The minimum Gasteiger partial charge on any atom is -0.390 e. The molecule has 1 aliphatic carbocycles. The maximum absolute atomic E-state index is 13.3. The predicted molar refractivity (Wildman–Crippen MR) is 128 cm³/mol. The van der Waals surface area contributed by atoms with Gasteiger partial charge in [-0.2, -0.15) is 13.2 Å². The molecule has 0 bridgehead atoms. The van der Waals surface area contributed by atoms with Crippen molar-refractivity contribution in [2.24, 2.45) is 12.8 Å². The quantitative estimate of drug-likeness (QED) is 0.453. The molecule has 182 valence electrons. The lowest BCUT2D eigenvalue weighted by Crippen LogP contribution is -2.58. The second-order valence-electron chi connectivity index (χ2n) is 9.72. The third-order valence-electron chi connectivity index (χ3n) is 6.70. The van der Waals surface area contributed by atoms with Gasteiger partial charge in [0.2, 0.25) is 0 Å². The van der Waals surface area contributed by atoms with Crippen molar-refractivity contribution in [2.75, 3.05) is 0 Å². The molecular formula is C26H25F3N4O2. The number of halogens is 3. The molecular weight excluding hydrogens is 457 g/mol. The van der Waals surface area contributed by atoms with Crippen molar-refractivity contribution < 1.29 is 18.3 Å². The van der Waals surface area contributed by atoms with Crippen LogP contribution in [-0.2, 0) is 19.1 Å². The molecule has 0 saturated heterocycles. The molecule has 9 heteroatoms. The summed E-state index contributed by atoms with van der Waals surface area (Å²) in [6, 6.07) is 16.6. The standard InChI is InChI=1S/C26H25F3N4O2/c1-24(35)12-25(30,13-24)18-10-8-17(9-11-18)21-19(16-6-4-3-5-7-16)20-22(32(21)2)31-15-33(23(20)34)14-26(27,28)29/h3-11,15,35H,12-14,30H2,1-2H3/t24-,25-. The van der Waals surface area contributed by atoms with E-state index < -0.39 is 29.4 Å². The number of alkyl halides is 3. The van der Waals surface area contributed by atoms with Crippen LogP contribution in [0, 0.1) is 0 Å². The highest BCUT2D eigenvalue weighted by Crippen LogP contribution is 2.47. The second kappa shape index (κ2) is 7.79. The number of nitrogens with two attached hydrogens (primary N) is 1. The van der Waals surface area contributed by atoms with E-state index in [1.54, 1.807) is 18.5 Å². The van der Waals surface area contributed by atoms with Gasteiger partial charge in [-0.15, -0.1) is 0 Å². The Balaban J connectivity index is 1.70. The number of rotatable bonds is 4. The fourth-order valence-corrected chi connectivity index (χ4v) is 5.35. The minimum absolute atomic E-state index is 0.134. The van der Waals surface area contributed by atoms with Gasteiger partial charge in [-0.1, -0.05) is 54.6 Å². The molecule has 4 aromatic rings. The molecule has 0 aliphatic heterocycles. The molecule has 0 amide bonds. The van der Waals surface area contributed by atoms with Gasteiger partial charge in [-0.05, 0) is 36.5 Å². The van der Waals surface area contributed by atoms with Crippen molar-refractivity contribution >= 4 is 11.0 Å². The van der Waals surface area contributed by atoms with Crippen LogP contribution in [0.25, 0.3) is 33.4 Å². The number of aryl methyl sites for hydroxylation is 1. The van der Waals surface area contributed by atoms with Gasteiger partial charge in [0.05, 0.1) is 16.7 Å². The van der Waals surface area contributed by atoms with Crippen LogP contribution < -0.4 is 11.3 Å². The van der Waals surface area contributed by atoms with Gasteiger partial charge in [0, 0.05) is 18.2 Å². The van der Waals surface area contributed by atoms with Gasteiger partial charge in [-0.3, -0.25) is 9.36 Å². The third-order valence-corrected chi connectivity index (χ3v) is 6.70. The molecule has 5 rings (SSSR count). The topological polar surface area (TPSA) is 86.1 Å². The number of aliphatic hydroxyl groups is 1. The first kappa shape index (κ1) is 23.3. The molecule has 6 nitrogen and oxygen atoms in total. The van der Waals surface area contributed by atoms with Crippen LogP contribution in [0.1, 0.15) is 25.3 Å². The molecule has 0 atom stereocenters. The van der Waals surface area contributed by atoms with Crippen LogP contribution in [-0.4, -0.2) is 31.0 Å². The van der Waals surface area contributed by atoms with E-state index in [0.29, 0.717) is 39.9 Å². The highest BCUT2D eigenvalue weighted by atomic mass is 19.4. The predicted octanol–water partition coefficient (Wildman–Crippen LogP) is 4.33. The molecule has 2 aromatic heterocycles. The monoisotopic (exact) mass is 482 g/mol. The second-order valence-corrected chi connectivity index (χ2v) is 9.72. The highest BCUT2D eigenvalue weighted by molar-refractivity contribution is 6.02. The molecule has 1 aliphatic rings. The van der Waals surface area contributed by atoms with Gasteiger partial charge in [0.15, 0.2) is 0 Å². The Morgan fingerprint density at radius 1 is 1.06 bits per heavy atom. The van der Waals surface area contributed by atoms with E-state index in [-0.39, 0.29) is 5.39 Å². The van der Waals surface area contributed by atoms with E-state index in [4.69, 9.17) is 5.73 Å². The van der Waals surface area contributed by atoms with Crippen LogP contribution >= 0.6 is 0 Å². The van der Waals surface area contributed by atoms with Crippen LogP contribution in [0.15, 0.2) is 65.7 Å². The number of nitrogens with zero attached hydrogens (tertiary/aromatic N) is 3. The van der Waals surface area contributed by atoms with Gasteiger partial charge >= 0.3 is 6.18 Å². The fourth-order valence-electron chi connectivity index (χ4n) is 5.35. The van der Waals surface area contributed by atoms with Crippen LogP contribution in [0.5, 0.6) is 0 Å². The zero-order valence-electron chi connectivity index (χ0n) is 19.3. The molecule has 35 heavy (non-hydrogen) atoms. The van der Waals surface area contributed by atoms with E-state index in [1.807, 2.05) is 54.6 Å². The Hall–Kier alpha value is -3.43. The van der Waals surface area contributed by atoms with E-state index >= 15 is 0 Å². The lowest BCUT2D eigenvalue weighted by atomic mass is 9.63. The van der Waals surface area contributed by atoms with Crippen LogP contribution in [0.2, 0.25) is 0 Å². The zero-order chi connectivity index (χ0) is 25.2. The largest absolute Gasteiger partial charge is 0.406 e. The summed E-state index contributed by atoms with van der Waals surface area (Å²) in [7, 11) is 1.74. The summed E-state index contributed by atoms with van der Waals surface area (Å²) < 4.78 is 41.6. The van der Waals surface area contributed by atoms with Crippen LogP contribution in [0.3, 0.4) is 0 Å². The Morgan fingerprint density at radius 3 is 2.26 bits per heavy atom. The highest BCUT2D eigenvalue weighted by Gasteiger charge is 2.49. The Bertz CT molecular complexity index is 1460. The van der Waals surface area contributed by atoms with Gasteiger partial charge in [-0.25, -0.2) is 4.98 Å². The Morgan fingerprint density at radius 2 is 1.69 bits per heavy atom. The average molecular weight is 483 g/mol. The summed E-state index contributed by atoms with van der Waals surface area (Å²) in [6.45, 7) is 0.344. The number of hydrogen-bond donors (Lipinski definition) is 2. The molecule has 0 unspecified atom stereocenters. The minimum atomic E-state index is -4.55. The third kappa shape index (κ3) is 4.04. The molecule has 0 spiro atoms. The van der Waals surface area contributed by atoms with Crippen molar-refractivity contribution in [1.29, 1.82) is 0 Å². The number of fused-ring (bicyclic) bond motifs is 1. The number of aromatic nitrogens is 3. The van der Waals surface area contributed by atoms with Crippen LogP contribution in [0.4, 0.5) is 13.2 Å². The zero-order valence-corrected chi connectivity index (χ0v) is 19.3. The van der Waals surface area contributed by atoms with Gasteiger partial charge in [0.25, 0.3) is 5.56 Å². The first-order valence-electron chi connectivity index (χ1n) is 11.2. The van der Waals surface area contributed by atoms with E-state index in [1.165, 1.54) is 0 Å². The lowest BCUT2D eigenvalue weighted by Gasteiger charge is -2.49.